The average molecular weight is 465 g/mol. The predicted molar refractivity (Wildman–Crippen MR) is 128 cm³/mol. The lowest BCUT2D eigenvalue weighted by atomic mass is 9.74. The number of fused-ring (bicyclic) bond motifs is 3. The summed E-state index contributed by atoms with van der Waals surface area (Å²) in [6.45, 7) is 3.89. The fraction of sp³-hybridized carbons (Fsp3) is 0.444. The highest BCUT2D eigenvalue weighted by atomic mass is 16.5. The maximum atomic E-state index is 12.7. The summed E-state index contributed by atoms with van der Waals surface area (Å²) >= 11 is 0. The lowest BCUT2D eigenvalue weighted by Gasteiger charge is -2.42. The summed E-state index contributed by atoms with van der Waals surface area (Å²) in [5, 5.41) is 15.0. The Labute approximate surface area is 199 Å². The van der Waals surface area contributed by atoms with Gasteiger partial charge in [-0.1, -0.05) is 68.8 Å². The molecule has 0 aromatic heterocycles. The van der Waals surface area contributed by atoms with Gasteiger partial charge in [0.1, 0.15) is 12.6 Å². The minimum absolute atomic E-state index is 0.0364. The van der Waals surface area contributed by atoms with Crippen molar-refractivity contribution in [2.24, 2.45) is 5.92 Å². The highest BCUT2D eigenvalue weighted by Crippen LogP contribution is 2.44. The molecular formula is C27H32N2O5. The zero-order chi connectivity index (χ0) is 24.3. The Kier molecular flexibility index (Phi) is 6.91. The molecule has 34 heavy (non-hydrogen) atoms. The number of carboxylic acids is 1. The predicted octanol–water partition coefficient (Wildman–Crippen LogP) is 4.45. The quantitative estimate of drug-likeness (QED) is 0.508. The molecule has 2 atom stereocenters. The highest BCUT2D eigenvalue weighted by molar-refractivity contribution is 5.85. The van der Waals surface area contributed by atoms with E-state index in [9.17, 15) is 19.5 Å². The van der Waals surface area contributed by atoms with Crippen LogP contribution in [0.2, 0.25) is 0 Å². The van der Waals surface area contributed by atoms with Gasteiger partial charge in [0.25, 0.3) is 0 Å². The van der Waals surface area contributed by atoms with E-state index in [0.29, 0.717) is 19.3 Å². The summed E-state index contributed by atoms with van der Waals surface area (Å²) in [7, 11) is 0. The molecule has 0 saturated heterocycles. The van der Waals surface area contributed by atoms with Crippen LogP contribution in [-0.4, -0.2) is 41.3 Å². The monoisotopic (exact) mass is 464 g/mol. The molecule has 2 amide bonds. The SMILES string of the molecule is CCC(C)[C@H](NC(=O)CC1(NC(=O)OCC2c3ccccc3-c3ccccc32)CCC1)C(=O)O. The molecule has 2 aromatic rings. The second-order valence-electron chi connectivity index (χ2n) is 9.53. The lowest BCUT2D eigenvalue weighted by molar-refractivity contribution is -0.143. The summed E-state index contributed by atoms with van der Waals surface area (Å²) in [5.41, 5.74) is 3.91. The number of nitrogens with one attached hydrogen (secondary N) is 2. The van der Waals surface area contributed by atoms with E-state index >= 15 is 0 Å². The smallest absolute Gasteiger partial charge is 0.407 e. The van der Waals surface area contributed by atoms with E-state index in [1.807, 2.05) is 31.2 Å². The number of amides is 2. The van der Waals surface area contributed by atoms with Gasteiger partial charge in [0.2, 0.25) is 5.91 Å². The number of rotatable bonds is 9. The first-order chi connectivity index (χ1) is 16.3. The van der Waals surface area contributed by atoms with Crippen LogP contribution in [0, 0.1) is 5.92 Å². The van der Waals surface area contributed by atoms with Gasteiger partial charge in [0, 0.05) is 12.3 Å². The maximum absolute atomic E-state index is 12.7. The third-order valence-corrected chi connectivity index (χ3v) is 7.32. The fourth-order valence-corrected chi connectivity index (χ4v) is 5.02. The summed E-state index contributed by atoms with van der Waals surface area (Å²) in [5.74, 6) is -1.64. The number of alkyl carbamates (subject to hydrolysis) is 1. The van der Waals surface area contributed by atoms with Crippen LogP contribution < -0.4 is 10.6 Å². The summed E-state index contributed by atoms with van der Waals surface area (Å²) in [6.07, 6.45) is 2.34. The summed E-state index contributed by atoms with van der Waals surface area (Å²) < 4.78 is 5.65. The van der Waals surface area contributed by atoms with E-state index in [4.69, 9.17) is 4.74 Å². The van der Waals surface area contributed by atoms with E-state index in [1.165, 1.54) is 0 Å². The van der Waals surface area contributed by atoms with Crippen molar-refractivity contribution < 1.29 is 24.2 Å². The normalized spacial score (nSPS) is 17.5. The molecule has 2 aromatic carbocycles. The van der Waals surface area contributed by atoms with E-state index in [2.05, 4.69) is 34.9 Å². The van der Waals surface area contributed by atoms with Gasteiger partial charge in [0.15, 0.2) is 0 Å². The molecule has 0 bridgehead atoms. The van der Waals surface area contributed by atoms with Crippen molar-refractivity contribution in [3.8, 4) is 11.1 Å². The van der Waals surface area contributed by atoms with Crippen LogP contribution in [0.15, 0.2) is 48.5 Å². The number of carboxylic acid groups (broad SMARTS) is 1. The molecule has 3 N–H and O–H groups in total. The minimum Gasteiger partial charge on any atom is -0.480 e. The van der Waals surface area contributed by atoms with Gasteiger partial charge in [-0.3, -0.25) is 4.79 Å². The molecule has 7 nitrogen and oxygen atoms in total. The molecule has 0 radical (unpaired) electrons. The second-order valence-corrected chi connectivity index (χ2v) is 9.53. The summed E-state index contributed by atoms with van der Waals surface area (Å²) in [6, 6.07) is 15.3. The van der Waals surface area contributed by atoms with Crippen LogP contribution in [0.1, 0.15) is 63.0 Å². The van der Waals surface area contributed by atoms with Crippen LogP contribution >= 0.6 is 0 Å². The lowest BCUT2D eigenvalue weighted by Crippen LogP contribution is -2.57. The topological polar surface area (TPSA) is 105 Å². The van der Waals surface area contributed by atoms with Crippen molar-refractivity contribution >= 4 is 18.0 Å². The van der Waals surface area contributed by atoms with Crippen LogP contribution in [0.4, 0.5) is 4.79 Å². The average Bonchev–Trinajstić information content (AvgIpc) is 3.13. The Morgan fingerprint density at radius 2 is 1.65 bits per heavy atom. The van der Waals surface area contributed by atoms with Gasteiger partial charge in [-0.15, -0.1) is 0 Å². The molecule has 2 aliphatic carbocycles. The Morgan fingerprint density at radius 3 is 2.15 bits per heavy atom. The van der Waals surface area contributed by atoms with Gasteiger partial charge in [0.05, 0.1) is 5.54 Å². The Balaban J connectivity index is 1.37. The van der Waals surface area contributed by atoms with Crippen molar-refractivity contribution in [1.82, 2.24) is 10.6 Å². The van der Waals surface area contributed by atoms with Crippen molar-refractivity contribution in [3.63, 3.8) is 0 Å². The fourth-order valence-electron chi connectivity index (χ4n) is 5.02. The largest absolute Gasteiger partial charge is 0.480 e. The molecule has 1 saturated carbocycles. The van der Waals surface area contributed by atoms with Gasteiger partial charge >= 0.3 is 12.1 Å². The molecule has 180 valence electrons. The van der Waals surface area contributed by atoms with Gasteiger partial charge < -0.3 is 20.5 Å². The van der Waals surface area contributed by atoms with Crippen molar-refractivity contribution in [1.29, 1.82) is 0 Å². The van der Waals surface area contributed by atoms with Crippen LogP contribution in [0.25, 0.3) is 11.1 Å². The highest BCUT2D eigenvalue weighted by Gasteiger charge is 2.42. The molecule has 2 aliphatic rings. The van der Waals surface area contributed by atoms with Crippen LogP contribution in [0.5, 0.6) is 0 Å². The Morgan fingerprint density at radius 1 is 1.06 bits per heavy atom. The first-order valence-corrected chi connectivity index (χ1v) is 12.0. The zero-order valence-corrected chi connectivity index (χ0v) is 19.7. The molecule has 4 rings (SSSR count). The van der Waals surface area contributed by atoms with Gasteiger partial charge in [-0.05, 0) is 47.4 Å². The van der Waals surface area contributed by atoms with Gasteiger partial charge in [-0.2, -0.15) is 0 Å². The Hall–Kier alpha value is -3.35. The van der Waals surface area contributed by atoms with Crippen LogP contribution in [0.3, 0.4) is 0 Å². The third kappa shape index (κ3) is 4.79. The minimum atomic E-state index is -1.05. The second kappa shape index (κ2) is 9.87. The molecule has 7 heteroatoms. The van der Waals surface area contributed by atoms with E-state index < -0.39 is 23.6 Å². The van der Waals surface area contributed by atoms with Gasteiger partial charge in [-0.25, -0.2) is 9.59 Å². The van der Waals surface area contributed by atoms with E-state index in [-0.39, 0.29) is 30.8 Å². The number of carbonyl (C=O) groups is 3. The molecular weight excluding hydrogens is 432 g/mol. The summed E-state index contributed by atoms with van der Waals surface area (Å²) in [4.78, 5) is 36.9. The van der Waals surface area contributed by atoms with Crippen molar-refractivity contribution in [2.75, 3.05) is 6.61 Å². The standard InChI is InChI=1S/C27H32N2O5/c1-3-17(2)24(25(31)32)28-23(30)15-27(13-8-14-27)29-26(33)34-16-22-20-11-6-4-9-18(20)19-10-5-7-12-21(19)22/h4-7,9-12,17,22,24H,3,8,13-16H2,1-2H3,(H,28,30)(H,29,33)(H,31,32)/t17?,24-/m0/s1. The maximum Gasteiger partial charge on any atom is 0.407 e. The third-order valence-electron chi connectivity index (χ3n) is 7.32. The number of carbonyl (C=O) groups excluding carboxylic acids is 2. The molecule has 0 spiro atoms. The molecule has 0 heterocycles. The van der Waals surface area contributed by atoms with Crippen molar-refractivity contribution in [2.45, 2.75) is 63.5 Å². The number of ether oxygens (including phenoxy) is 1. The molecule has 1 unspecified atom stereocenters. The van der Waals surface area contributed by atoms with E-state index in [0.717, 1.165) is 28.7 Å². The van der Waals surface area contributed by atoms with Crippen LogP contribution in [-0.2, 0) is 14.3 Å². The molecule has 0 aliphatic heterocycles. The Bertz CT molecular complexity index is 1030. The molecule has 1 fully saturated rings. The number of aliphatic carboxylic acids is 1. The first-order valence-electron chi connectivity index (χ1n) is 12.0. The first kappa shape index (κ1) is 23.8. The number of benzene rings is 2. The zero-order valence-electron chi connectivity index (χ0n) is 19.7. The number of hydrogen-bond acceptors (Lipinski definition) is 4. The van der Waals surface area contributed by atoms with E-state index in [1.54, 1.807) is 6.92 Å². The number of hydrogen-bond donors (Lipinski definition) is 3. The van der Waals surface area contributed by atoms with Crippen molar-refractivity contribution in [3.05, 3.63) is 59.7 Å².